The van der Waals surface area contributed by atoms with Crippen LogP contribution in [0.15, 0.2) is 48.5 Å². The van der Waals surface area contributed by atoms with Gasteiger partial charge in [0.15, 0.2) is 5.78 Å². The Hall–Kier alpha value is -2.75. The molecular formula is C20H22O4. The van der Waals surface area contributed by atoms with Crippen LogP contribution in [0.2, 0.25) is 0 Å². The Labute approximate surface area is 142 Å². The van der Waals surface area contributed by atoms with Crippen LogP contribution in [0.1, 0.15) is 29.3 Å². The van der Waals surface area contributed by atoms with Crippen LogP contribution < -0.4 is 14.2 Å². The first-order valence-corrected chi connectivity index (χ1v) is 7.85. The van der Waals surface area contributed by atoms with Crippen molar-refractivity contribution < 1.29 is 19.0 Å². The lowest BCUT2D eigenvalue weighted by molar-refractivity contribution is 0.104. The van der Waals surface area contributed by atoms with E-state index in [4.69, 9.17) is 14.2 Å². The molecule has 0 fully saturated rings. The van der Waals surface area contributed by atoms with E-state index in [2.05, 4.69) is 6.92 Å². The summed E-state index contributed by atoms with van der Waals surface area (Å²) in [5.41, 5.74) is 1.43. The number of allylic oxidation sites excluding steroid dienone is 1. The van der Waals surface area contributed by atoms with Gasteiger partial charge in [0, 0.05) is 6.07 Å². The van der Waals surface area contributed by atoms with Crippen molar-refractivity contribution in [2.75, 3.05) is 20.8 Å². The van der Waals surface area contributed by atoms with Gasteiger partial charge in [-0.05, 0) is 42.3 Å². The monoisotopic (exact) mass is 326 g/mol. The van der Waals surface area contributed by atoms with Gasteiger partial charge in [-0.15, -0.1) is 0 Å². The van der Waals surface area contributed by atoms with Gasteiger partial charge in [0.05, 0.1) is 26.4 Å². The molecule has 0 amide bonds. The molecule has 2 aromatic rings. The molecule has 0 bridgehead atoms. The molecule has 4 heteroatoms. The van der Waals surface area contributed by atoms with E-state index in [0.29, 0.717) is 23.7 Å². The molecule has 0 heterocycles. The highest BCUT2D eigenvalue weighted by Gasteiger charge is 2.10. The Morgan fingerprint density at radius 1 is 1.00 bits per heavy atom. The molecule has 0 saturated heterocycles. The summed E-state index contributed by atoms with van der Waals surface area (Å²) in [7, 11) is 3.11. The number of carbonyl (C=O) groups excluding carboxylic acids is 1. The Morgan fingerprint density at radius 3 is 2.33 bits per heavy atom. The third-order valence-electron chi connectivity index (χ3n) is 3.45. The van der Waals surface area contributed by atoms with Crippen LogP contribution in [0.3, 0.4) is 0 Å². The van der Waals surface area contributed by atoms with Crippen molar-refractivity contribution in [3.8, 4) is 17.2 Å². The van der Waals surface area contributed by atoms with Crippen LogP contribution in [-0.2, 0) is 0 Å². The van der Waals surface area contributed by atoms with Crippen LogP contribution in [-0.4, -0.2) is 26.6 Å². The number of ketones is 1. The van der Waals surface area contributed by atoms with E-state index in [9.17, 15) is 4.79 Å². The lowest BCUT2D eigenvalue weighted by Crippen LogP contribution is -1.99. The Bertz CT molecular complexity index is 702. The van der Waals surface area contributed by atoms with Gasteiger partial charge in [-0.3, -0.25) is 4.79 Å². The smallest absolute Gasteiger partial charge is 0.189 e. The van der Waals surface area contributed by atoms with E-state index in [1.165, 1.54) is 13.2 Å². The zero-order valence-electron chi connectivity index (χ0n) is 14.2. The molecule has 0 aliphatic carbocycles. The van der Waals surface area contributed by atoms with Crippen LogP contribution in [0.25, 0.3) is 6.08 Å². The van der Waals surface area contributed by atoms with Crippen molar-refractivity contribution in [1.29, 1.82) is 0 Å². The predicted molar refractivity (Wildman–Crippen MR) is 95.1 cm³/mol. The average Bonchev–Trinajstić information content (AvgIpc) is 2.64. The number of methoxy groups -OCH3 is 2. The number of hydrogen-bond donors (Lipinski definition) is 0. The quantitative estimate of drug-likeness (QED) is 0.533. The van der Waals surface area contributed by atoms with Crippen molar-refractivity contribution >= 4 is 11.9 Å². The van der Waals surface area contributed by atoms with Crippen molar-refractivity contribution in [1.82, 2.24) is 0 Å². The minimum absolute atomic E-state index is 0.124. The maximum atomic E-state index is 12.4. The summed E-state index contributed by atoms with van der Waals surface area (Å²) in [5, 5.41) is 0. The Balaban J connectivity index is 2.10. The van der Waals surface area contributed by atoms with Crippen LogP contribution >= 0.6 is 0 Å². The van der Waals surface area contributed by atoms with Gasteiger partial charge < -0.3 is 14.2 Å². The Kier molecular flexibility index (Phi) is 6.43. The van der Waals surface area contributed by atoms with E-state index < -0.39 is 0 Å². The first-order chi connectivity index (χ1) is 11.7. The topological polar surface area (TPSA) is 44.8 Å². The Morgan fingerprint density at radius 2 is 1.71 bits per heavy atom. The normalized spacial score (nSPS) is 10.6. The molecule has 126 valence electrons. The molecule has 0 N–H and O–H groups in total. The fraction of sp³-hybridized carbons (Fsp3) is 0.250. The molecule has 2 rings (SSSR count). The molecule has 0 atom stereocenters. The second-order valence-electron chi connectivity index (χ2n) is 5.18. The van der Waals surface area contributed by atoms with Crippen LogP contribution in [0.5, 0.6) is 17.2 Å². The molecule has 2 aromatic carbocycles. The number of carbonyl (C=O) groups is 1. The predicted octanol–water partition coefficient (Wildman–Crippen LogP) is 4.39. The summed E-state index contributed by atoms with van der Waals surface area (Å²) in [6, 6.07) is 12.8. The van der Waals surface area contributed by atoms with Crippen LogP contribution in [0, 0.1) is 0 Å². The molecular weight excluding hydrogens is 304 g/mol. The first-order valence-electron chi connectivity index (χ1n) is 7.85. The van der Waals surface area contributed by atoms with E-state index in [1.54, 1.807) is 31.4 Å². The zero-order chi connectivity index (χ0) is 17.4. The molecule has 0 aliphatic heterocycles. The lowest BCUT2D eigenvalue weighted by Gasteiger charge is -2.08. The summed E-state index contributed by atoms with van der Waals surface area (Å²) in [4.78, 5) is 12.4. The number of hydrogen-bond acceptors (Lipinski definition) is 4. The van der Waals surface area contributed by atoms with Crippen LogP contribution in [0.4, 0.5) is 0 Å². The molecule has 24 heavy (non-hydrogen) atoms. The molecule has 0 spiro atoms. The highest BCUT2D eigenvalue weighted by Crippen LogP contribution is 2.25. The maximum absolute atomic E-state index is 12.4. The van der Waals surface area contributed by atoms with E-state index in [1.807, 2.05) is 24.3 Å². The second-order valence-corrected chi connectivity index (χ2v) is 5.18. The molecule has 0 radical (unpaired) electrons. The summed E-state index contributed by atoms with van der Waals surface area (Å²) in [5.74, 6) is 1.85. The van der Waals surface area contributed by atoms with Gasteiger partial charge in [-0.2, -0.15) is 0 Å². The van der Waals surface area contributed by atoms with Gasteiger partial charge >= 0.3 is 0 Å². The highest BCUT2D eigenvalue weighted by atomic mass is 16.5. The van der Waals surface area contributed by atoms with Gasteiger partial charge in [0.25, 0.3) is 0 Å². The fourth-order valence-corrected chi connectivity index (χ4v) is 2.16. The fourth-order valence-electron chi connectivity index (χ4n) is 2.16. The summed E-state index contributed by atoms with van der Waals surface area (Å²) in [6.45, 7) is 2.76. The van der Waals surface area contributed by atoms with E-state index >= 15 is 0 Å². The summed E-state index contributed by atoms with van der Waals surface area (Å²) < 4.78 is 15.9. The molecule has 0 aliphatic rings. The van der Waals surface area contributed by atoms with Crippen molar-refractivity contribution in [3.63, 3.8) is 0 Å². The SMILES string of the molecule is CCCOc1ccc(/C=C/C(=O)c2ccc(OC)cc2OC)cc1. The molecule has 0 aromatic heterocycles. The maximum Gasteiger partial charge on any atom is 0.189 e. The van der Waals surface area contributed by atoms with Crippen molar-refractivity contribution in [2.24, 2.45) is 0 Å². The largest absolute Gasteiger partial charge is 0.497 e. The second kappa shape index (κ2) is 8.77. The zero-order valence-corrected chi connectivity index (χ0v) is 14.2. The number of benzene rings is 2. The molecule has 0 unspecified atom stereocenters. The van der Waals surface area contributed by atoms with Crippen molar-refractivity contribution in [3.05, 3.63) is 59.7 Å². The highest BCUT2D eigenvalue weighted by molar-refractivity contribution is 6.08. The average molecular weight is 326 g/mol. The van der Waals surface area contributed by atoms with Gasteiger partial charge in [-0.25, -0.2) is 0 Å². The minimum Gasteiger partial charge on any atom is -0.497 e. The third kappa shape index (κ3) is 4.62. The number of rotatable bonds is 8. The summed E-state index contributed by atoms with van der Waals surface area (Å²) in [6.07, 6.45) is 4.28. The first kappa shape index (κ1) is 17.6. The van der Waals surface area contributed by atoms with Gasteiger partial charge in [0.2, 0.25) is 0 Å². The van der Waals surface area contributed by atoms with E-state index in [0.717, 1.165) is 17.7 Å². The molecule has 0 saturated carbocycles. The third-order valence-corrected chi connectivity index (χ3v) is 3.45. The van der Waals surface area contributed by atoms with E-state index in [-0.39, 0.29) is 5.78 Å². The summed E-state index contributed by atoms with van der Waals surface area (Å²) >= 11 is 0. The van der Waals surface area contributed by atoms with Gasteiger partial charge in [0.1, 0.15) is 17.2 Å². The van der Waals surface area contributed by atoms with Crippen molar-refractivity contribution in [2.45, 2.75) is 13.3 Å². The van der Waals surface area contributed by atoms with Gasteiger partial charge in [-0.1, -0.05) is 25.1 Å². The molecule has 4 nitrogen and oxygen atoms in total. The number of ether oxygens (including phenoxy) is 3. The lowest BCUT2D eigenvalue weighted by atomic mass is 10.1. The minimum atomic E-state index is -0.124. The standard InChI is InChI=1S/C20H22O4/c1-4-13-24-16-8-5-15(6-9-16)7-12-19(21)18-11-10-17(22-2)14-20(18)23-3/h5-12,14H,4,13H2,1-3H3/b12-7+.